The maximum atomic E-state index is 5.79. The topological polar surface area (TPSA) is 38.0 Å². The zero-order valence-corrected chi connectivity index (χ0v) is 9.64. The highest BCUT2D eigenvalue weighted by molar-refractivity contribution is 5.45. The van der Waals surface area contributed by atoms with Gasteiger partial charge in [-0.2, -0.15) is 0 Å². The average Bonchev–Trinajstić information content (AvgIpc) is 2.22. The number of nitrogen functional groups attached to an aromatic ring is 1. The van der Waals surface area contributed by atoms with Crippen LogP contribution in [0.15, 0.2) is 30.5 Å². The molecule has 0 spiro atoms. The Hall–Kier alpha value is -1.44. The summed E-state index contributed by atoms with van der Waals surface area (Å²) in [5.74, 6) is 0. The van der Waals surface area contributed by atoms with E-state index in [4.69, 9.17) is 5.73 Å². The van der Waals surface area contributed by atoms with Gasteiger partial charge < -0.3 is 11.1 Å². The summed E-state index contributed by atoms with van der Waals surface area (Å²) in [6.45, 7) is 6.13. The maximum absolute atomic E-state index is 5.79. The fraction of sp³-hybridized carbons (Fsp3) is 0.385. The highest BCUT2D eigenvalue weighted by atomic mass is 14.8. The first-order chi connectivity index (χ1) is 7.17. The Labute approximate surface area is 92.2 Å². The number of nitrogens with two attached hydrogens (primary N) is 1. The molecule has 0 aliphatic carbocycles. The molecular formula is C13H20N2. The minimum atomic E-state index is 0.828. The van der Waals surface area contributed by atoms with E-state index in [9.17, 15) is 0 Å². The number of nitrogens with one attached hydrogen (secondary N) is 1. The summed E-state index contributed by atoms with van der Waals surface area (Å²) in [4.78, 5) is 0. The predicted octanol–water partition coefficient (Wildman–Crippen LogP) is 2.50. The molecule has 0 fully saturated rings. The van der Waals surface area contributed by atoms with Crippen LogP contribution in [0.3, 0.4) is 0 Å². The normalized spacial score (nSPS) is 10.0. The summed E-state index contributed by atoms with van der Waals surface area (Å²) in [5, 5.41) is 3.07. The summed E-state index contributed by atoms with van der Waals surface area (Å²) >= 11 is 0. The quantitative estimate of drug-likeness (QED) is 0.723. The summed E-state index contributed by atoms with van der Waals surface area (Å²) in [7, 11) is 1.90. The molecule has 0 aromatic heterocycles. The number of hydrogen-bond acceptors (Lipinski definition) is 2. The number of likely N-dealkylation sites (N-methyl/N-ethyl adjacent to an activating group) is 1. The van der Waals surface area contributed by atoms with E-state index in [0.29, 0.717) is 0 Å². The molecule has 0 aliphatic rings. The lowest BCUT2D eigenvalue weighted by Gasteiger charge is -2.11. The van der Waals surface area contributed by atoms with Crippen LogP contribution >= 0.6 is 0 Å². The summed E-state index contributed by atoms with van der Waals surface area (Å²) < 4.78 is 0. The number of anilines is 1. The van der Waals surface area contributed by atoms with Crippen LogP contribution in [0.5, 0.6) is 0 Å². The molecule has 82 valence electrons. The molecule has 3 N–H and O–H groups in total. The fourth-order valence-electron chi connectivity index (χ4n) is 1.64. The summed E-state index contributed by atoms with van der Waals surface area (Å²) in [5.41, 5.74) is 10.3. The molecule has 0 atom stereocenters. The number of aryl methyl sites for hydroxylation is 1. The van der Waals surface area contributed by atoms with Crippen molar-refractivity contribution in [2.75, 3.05) is 12.8 Å². The molecule has 0 radical (unpaired) electrons. The largest absolute Gasteiger partial charge is 0.399 e. The highest BCUT2D eigenvalue weighted by Crippen LogP contribution is 2.17. The molecule has 0 unspecified atom stereocenters. The smallest absolute Gasteiger partial charge is 0.0317 e. The molecule has 15 heavy (non-hydrogen) atoms. The van der Waals surface area contributed by atoms with Crippen LogP contribution in [0.25, 0.3) is 0 Å². The van der Waals surface area contributed by atoms with E-state index in [0.717, 1.165) is 30.6 Å². The van der Waals surface area contributed by atoms with Crippen molar-refractivity contribution < 1.29 is 0 Å². The van der Waals surface area contributed by atoms with Crippen molar-refractivity contribution in [1.82, 2.24) is 5.32 Å². The van der Waals surface area contributed by atoms with Crippen LogP contribution in [-0.4, -0.2) is 7.05 Å². The van der Waals surface area contributed by atoms with Gasteiger partial charge >= 0.3 is 0 Å². The average molecular weight is 204 g/mol. The lowest BCUT2D eigenvalue weighted by atomic mass is 9.99. The van der Waals surface area contributed by atoms with Crippen LogP contribution in [-0.2, 0) is 12.8 Å². The SMILES string of the molecule is C=C(Cc1cc(N)ccc1CCC)NC. The van der Waals surface area contributed by atoms with E-state index < -0.39 is 0 Å². The minimum absolute atomic E-state index is 0.828. The van der Waals surface area contributed by atoms with Gasteiger partial charge in [0.15, 0.2) is 0 Å². The van der Waals surface area contributed by atoms with Crippen molar-refractivity contribution in [2.24, 2.45) is 0 Å². The lowest BCUT2D eigenvalue weighted by molar-refractivity contribution is 0.878. The van der Waals surface area contributed by atoms with Gasteiger partial charge in [0.25, 0.3) is 0 Å². The van der Waals surface area contributed by atoms with Gasteiger partial charge in [0, 0.05) is 24.9 Å². The molecule has 0 amide bonds. The van der Waals surface area contributed by atoms with Gasteiger partial charge in [-0.25, -0.2) is 0 Å². The zero-order chi connectivity index (χ0) is 11.3. The first kappa shape index (κ1) is 11.6. The van der Waals surface area contributed by atoms with Crippen LogP contribution in [0, 0.1) is 0 Å². The summed E-state index contributed by atoms with van der Waals surface area (Å²) in [6.07, 6.45) is 3.12. The Bertz CT molecular complexity index is 342. The van der Waals surface area contributed by atoms with Gasteiger partial charge in [-0.3, -0.25) is 0 Å². The van der Waals surface area contributed by atoms with E-state index >= 15 is 0 Å². The number of hydrogen-bond donors (Lipinski definition) is 2. The molecule has 0 saturated carbocycles. The number of benzene rings is 1. The first-order valence-corrected chi connectivity index (χ1v) is 5.40. The van der Waals surface area contributed by atoms with Crippen molar-refractivity contribution >= 4 is 5.69 Å². The molecule has 0 heterocycles. The van der Waals surface area contributed by atoms with Gasteiger partial charge in [-0.1, -0.05) is 26.0 Å². The first-order valence-electron chi connectivity index (χ1n) is 5.40. The molecule has 2 nitrogen and oxygen atoms in total. The molecule has 1 aromatic carbocycles. The Kier molecular flexibility index (Phi) is 4.22. The van der Waals surface area contributed by atoms with Crippen LogP contribution in [0.4, 0.5) is 5.69 Å². The third-order valence-corrected chi connectivity index (χ3v) is 2.51. The van der Waals surface area contributed by atoms with Gasteiger partial charge in [-0.05, 0) is 29.7 Å². The van der Waals surface area contributed by atoms with E-state index in [1.807, 2.05) is 19.2 Å². The van der Waals surface area contributed by atoms with Crippen LogP contribution < -0.4 is 11.1 Å². The maximum Gasteiger partial charge on any atom is 0.0317 e. The highest BCUT2D eigenvalue weighted by Gasteiger charge is 2.03. The molecule has 1 rings (SSSR count). The third-order valence-electron chi connectivity index (χ3n) is 2.51. The van der Waals surface area contributed by atoms with E-state index in [1.165, 1.54) is 11.1 Å². The third kappa shape index (κ3) is 3.31. The molecule has 0 saturated heterocycles. The minimum Gasteiger partial charge on any atom is -0.399 e. The number of rotatable bonds is 5. The lowest BCUT2D eigenvalue weighted by Crippen LogP contribution is -2.08. The van der Waals surface area contributed by atoms with Gasteiger partial charge in [0.2, 0.25) is 0 Å². The van der Waals surface area contributed by atoms with Gasteiger partial charge in [0.1, 0.15) is 0 Å². The van der Waals surface area contributed by atoms with E-state index in [2.05, 4.69) is 24.9 Å². The Balaban J connectivity index is 2.91. The zero-order valence-electron chi connectivity index (χ0n) is 9.64. The van der Waals surface area contributed by atoms with Crippen molar-refractivity contribution in [3.05, 3.63) is 41.6 Å². The summed E-state index contributed by atoms with van der Waals surface area (Å²) in [6, 6.07) is 6.14. The van der Waals surface area contributed by atoms with Gasteiger partial charge in [0.05, 0.1) is 0 Å². The van der Waals surface area contributed by atoms with Crippen molar-refractivity contribution in [3.63, 3.8) is 0 Å². The van der Waals surface area contributed by atoms with E-state index in [-0.39, 0.29) is 0 Å². The molecule has 2 heteroatoms. The molecule has 1 aromatic rings. The van der Waals surface area contributed by atoms with Crippen molar-refractivity contribution in [1.29, 1.82) is 0 Å². The Morgan fingerprint density at radius 1 is 1.40 bits per heavy atom. The monoisotopic (exact) mass is 204 g/mol. The molecule has 0 bridgehead atoms. The van der Waals surface area contributed by atoms with Crippen molar-refractivity contribution in [2.45, 2.75) is 26.2 Å². The molecular weight excluding hydrogens is 184 g/mol. The predicted molar refractivity (Wildman–Crippen MR) is 66.8 cm³/mol. The van der Waals surface area contributed by atoms with Crippen LogP contribution in [0.1, 0.15) is 24.5 Å². The standard InChI is InChI=1S/C13H20N2/c1-4-5-11-6-7-13(14)9-12(11)8-10(2)15-3/h6-7,9,15H,2,4-5,8,14H2,1,3H3. The second-order valence-electron chi connectivity index (χ2n) is 3.81. The Morgan fingerprint density at radius 3 is 2.73 bits per heavy atom. The van der Waals surface area contributed by atoms with E-state index in [1.54, 1.807) is 0 Å². The molecule has 0 aliphatic heterocycles. The second kappa shape index (κ2) is 5.44. The second-order valence-corrected chi connectivity index (χ2v) is 3.81. The van der Waals surface area contributed by atoms with Crippen LogP contribution in [0.2, 0.25) is 0 Å². The van der Waals surface area contributed by atoms with Crippen molar-refractivity contribution in [3.8, 4) is 0 Å². The van der Waals surface area contributed by atoms with Gasteiger partial charge in [-0.15, -0.1) is 0 Å². The fourth-order valence-corrected chi connectivity index (χ4v) is 1.64. The Morgan fingerprint density at radius 2 is 2.13 bits per heavy atom. The number of allylic oxidation sites excluding steroid dienone is 1.